The van der Waals surface area contributed by atoms with E-state index in [4.69, 9.17) is 0 Å². The maximum absolute atomic E-state index is 13.7. The molecule has 102 valence electrons. The number of hydrogen-bond acceptors (Lipinski definition) is 2. The Morgan fingerprint density at radius 1 is 1.17 bits per heavy atom. The standard InChI is InChI=1S/C13H19F3N2/c1-4-17-11(7-8-18(2)3)9-5-6-10(14)13(16)12(9)15/h5-6,11,17H,4,7-8H2,1-3H3. The van der Waals surface area contributed by atoms with Gasteiger partial charge in [0.15, 0.2) is 17.5 Å². The third-order valence-corrected chi connectivity index (χ3v) is 2.76. The van der Waals surface area contributed by atoms with Gasteiger partial charge in [0.05, 0.1) is 0 Å². The van der Waals surface area contributed by atoms with Crippen molar-refractivity contribution in [2.45, 2.75) is 19.4 Å². The van der Waals surface area contributed by atoms with Gasteiger partial charge in [0.2, 0.25) is 0 Å². The van der Waals surface area contributed by atoms with Crippen molar-refractivity contribution in [3.05, 3.63) is 35.1 Å². The van der Waals surface area contributed by atoms with Crippen LogP contribution in [0.2, 0.25) is 0 Å². The lowest BCUT2D eigenvalue weighted by Gasteiger charge is -2.21. The molecule has 1 aromatic rings. The number of rotatable bonds is 6. The van der Waals surface area contributed by atoms with Gasteiger partial charge in [-0.15, -0.1) is 0 Å². The minimum Gasteiger partial charge on any atom is -0.310 e. The van der Waals surface area contributed by atoms with E-state index in [0.29, 0.717) is 13.0 Å². The summed E-state index contributed by atoms with van der Waals surface area (Å²) in [7, 11) is 3.81. The van der Waals surface area contributed by atoms with E-state index < -0.39 is 17.5 Å². The van der Waals surface area contributed by atoms with Gasteiger partial charge >= 0.3 is 0 Å². The Hall–Kier alpha value is -1.07. The summed E-state index contributed by atoms with van der Waals surface area (Å²) < 4.78 is 39.8. The zero-order valence-corrected chi connectivity index (χ0v) is 10.9. The maximum atomic E-state index is 13.7. The quantitative estimate of drug-likeness (QED) is 0.791. The highest BCUT2D eigenvalue weighted by Gasteiger charge is 2.20. The summed E-state index contributed by atoms with van der Waals surface area (Å²) >= 11 is 0. The molecular weight excluding hydrogens is 241 g/mol. The largest absolute Gasteiger partial charge is 0.310 e. The molecular formula is C13H19F3N2. The minimum absolute atomic E-state index is 0.178. The van der Waals surface area contributed by atoms with Crippen LogP contribution in [-0.4, -0.2) is 32.1 Å². The van der Waals surface area contributed by atoms with Crippen molar-refractivity contribution in [2.24, 2.45) is 0 Å². The normalized spacial score (nSPS) is 13.1. The Labute approximate surface area is 106 Å². The molecule has 0 spiro atoms. The molecule has 0 fully saturated rings. The van der Waals surface area contributed by atoms with E-state index in [-0.39, 0.29) is 11.6 Å². The van der Waals surface area contributed by atoms with Gasteiger partial charge in [-0.25, -0.2) is 13.2 Å². The van der Waals surface area contributed by atoms with Crippen molar-refractivity contribution >= 4 is 0 Å². The molecule has 1 unspecified atom stereocenters. The van der Waals surface area contributed by atoms with Crippen molar-refractivity contribution < 1.29 is 13.2 Å². The minimum atomic E-state index is -1.40. The first-order valence-corrected chi connectivity index (χ1v) is 5.98. The van der Waals surface area contributed by atoms with E-state index in [1.165, 1.54) is 6.07 Å². The summed E-state index contributed by atoms with van der Waals surface area (Å²) in [4.78, 5) is 1.96. The molecule has 1 aromatic carbocycles. The number of nitrogens with zero attached hydrogens (tertiary/aromatic N) is 1. The molecule has 0 aliphatic carbocycles. The smallest absolute Gasteiger partial charge is 0.194 e. The number of hydrogen-bond donors (Lipinski definition) is 1. The lowest BCUT2D eigenvalue weighted by Crippen LogP contribution is -2.26. The Bertz CT molecular complexity index is 394. The van der Waals surface area contributed by atoms with Gasteiger partial charge in [0.25, 0.3) is 0 Å². The van der Waals surface area contributed by atoms with E-state index in [9.17, 15) is 13.2 Å². The Kier molecular flexibility index (Phi) is 5.62. The average molecular weight is 260 g/mol. The molecule has 1 atom stereocenters. The highest BCUT2D eigenvalue weighted by molar-refractivity contribution is 5.23. The van der Waals surface area contributed by atoms with Crippen LogP contribution < -0.4 is 5.32 Å². The zero-order valence-electron chi connectivity index (χ0n) is 10.9. The molecule has 0 amide bonds. The number of nitrogens with one attached hydrogen (secondary N) is 1. The molecule has 0 aliphatic heterocycles. The van der Waals surface area contributed by atoms with E-state index in [1.54, 1.807) is 0 Å². The topological polar surface area (TPSA) is 15.3 Å². The predicted molar refractivity (Wildman–Crippen MR) is 65.9 cm³/mol. The fraction of sp³-hybridized carbons (Fsp3) is 0.538. The van der Waals surface area contributed by atoms with Gasteiger partial charge in [0.1, 0.15) is 0 Å². The van der Waals surface area contributed by atoms with Crippen LogP contribution in [0.15, 0.2) is 12.1 Å². The average Bonchev–Trinajstić information content (AvgIpc) is 2.32. The van der Waals surface area contributed by atoms with Gasteiger partial charge in [-0.1, -0.05) is 13.0 Å². The van der Waals surface area contributed by atoms with Crippen LogP contribution in [0.25, 0.3) is 0 Å². The van der Waals surface area contributed by atoms with E-state index in [2.05, 4.69) is 5.32 Å². The van der Waals surface area contributed by atoms with Crippen molar-refractivity contribution in [1.82, 2.24) is 10.2 Å². The molecule has 18 heavy (non-hydrogen) atoms. The molecule has 1 rings (SSSR count). The van der Waals surface area contributed by atoms with E-state index in [1.807, 2.05) is 25.9 Å². The van der Waals surface area contributed by atoms with Crippen LogP contribution >= 0.6 is 0 Å². The summed E-state index contributed by atoms with van der Waals surface area (Å²) in [5, 5.41) is 3.09. The summed E-state index contributed by atoms with van der Waals surface area (Å²) in [5.74, 6) is -3.65. The highest BCUT2D eigenvalue weighted by Crippen LogP contribution is 2.23. The monoisotopic (exact) mass is 260 g/mol. The van der Waals surface area contributed by atoms with E-state index in [0.717, 1.165) is 12.6 Å². The predicted octanol–water partition coefficient (Wildman–Crippen LogP) is 2.71. The molecule has 2 nitrogen and oxygen atoms in total. The van der Waals surface area contributed by atoms with Gasteiger partial charge < -0.3 is 10.2 Å². The molecule has 0 radical (unpaired) electrons. The van der Waals surface area contributed by atoms with Crippen molar-refractivity contribution in [3.8, 4) is 0 Å². The number of benzene rings is 1. The van der Waals surface area contributed by atoms with Crippen LogP contribution in [0.5, 0.6) is 0 Å². The SMILES string of the molecule is CCNC(CCN(C)C)c1ccc(F)c(F)c1F. The summed E-state index contributed by atoms with van der Waals surface area (Å²) in [6.45, 7) is 3.26. The Morgan fingerprint density at radius 2 is 1.83 bits per heavy atom. The van der Waals surface area contributed by atoms with Crippen molar-refractivity contribution in [3.63, 3.8) is 0 Å². The third kappa shape index (κ3) is 3.71. The van der Waals surface area contributed by atoms with Crippen LogP contribution in [0.4, 0.5) is 13.2 Å². The molecule has 0 saturated heterocycles. The second-order valence-corrected chi connectivity index (χ2v) is 4.47. The second kappa shape index (κ2) is 6.75. The van der Waals surface area contributed by atoms with Gasteiger partial charge in [-0.05, 0) is 39.7 Å². The molecule has 0 aromatic heterocycles. The third-order valence-electron chi connectivity index (χ3n) is 2.76. The van der Waals surface area contributed by atoms with Crippen LogP contribution in [0.3, 0.4) is 0 Å². The van der Waals surface area contributed by atoms with Crippen LogP contribution in [0, 0.1) is 17.5 Å². The molecule has 0 bridgehead atoms. The first-order valence-electron chi connectivity index (χ1n) is 5.98. The van der Waals surface area contributed by atoms with Crippen LogP contribution in [0.1, 0.15) is 24.9 Å². The Balaban J connectivity index is 2.94. The molecule has 0 saturated carbocycles. The van der Waals surface area contributed by atoms with Gasteiger partial charge in [0, 0.05) is 11.6 Å². The fourth-order valence-corrected chi connectivity index (χ4v) is 1.81. The second-order valence-electron chi connectivity index (χ2n) is 4.47. The van der Waals surface area contributed by atoms with Crippen molar-refractivity contribution in [2.75, 3.05) is 27.2 Å². The zero-order chi connectivity index (χ0) is 13.7. The van der Waals surface area contributed by atoms with Gasteiger partial charge in [-0.3, -0.25) is 0 Å². The summed E-state index contributed by atoms with van der Waals surface area (Å²) in [5.41, 5.74) is 0.178. The Morgan fingerprint density at radius 3 is 2.39 bits per heavy atom. The maximum Gasteiger partial charge on any atom is 0.194 e. The highest BCUT2D eigenvalue weighted by atomic mass is 19.2. The van der Waals surface area contributed by atoms with Crippen LogP contribution in [-0.2, 0) is 0 Å². The number of halogens is 3. The lowest BCUT2D eigenvalue weighted by molar-refractivity contribution is 0.354. The molecule has 0 aliphatic rings. The first kappa shape index (κ1) is 15.0. The molecule has 1 N–H and O–H groups in total. The summed E-state index contributed by atoms with van der Waals surface area (Å²) in [6.07, 6.45) is 0.628. The molecule has 0 heterocycles. The fourth-order valence-electron chi connectivity index (χ4n) is 1.81. The van der Waals surface area contributed by atoms with Crippen molar-refractivity contribution in [1.29, 1.82) is 0 Å². The lowest BCUT2D eigenvalue weighted by atomic mass is 10.0. The molecule has 5 heteroatoms. The van der Waals surface area contributed by atoms with E-state index >= 15 is 0 Å². The van der Waals surface area contributed by atoms with Gasteiger partial charge in [-0.2, -0.15) is 0 Å². The first-order chi connectivity index (χ1) is 8.47. The summed E-state index contributed by atoms with van der Waals surface area (Å²) in [6, 6.07) is 1.96.